The second-order valence-corrected chi connectivity index (χ2v) is 11.7. The number of hydrogen-bond donors (Lipinski definition) is 1. The first-order valence-electron chi connectivity index (χ1n) is 10.4. The summed E-state index contributed by atoms with van der Waals surface area (Å²) in [5, 5.41) is 3.25. The lowest BCUT2D eigenvalue weighted by Gasteiger charge is -2.34. The number of nitrogens with one attached hydrogen (secondary N) is 1. The van der Waals surface area contributed by atoms with E-state index in [0.717, 1.165) is 16.0 Å². The molecule has 1 aliphatic rings. The lowest BCUT2D eigenvalue weighted by molar-refractivity contribution is -0.135. The molecular weight excluding hydrogens is 485 g/mol. The molecule has 34 heavy (non-hydrogen) atoms. The number of aromatic nitrogens is 1. The first-order valence-corrected chi connectivity index (χ1v) is 13.8. The summed E-state index contributed by atoms with van der Waals surface area (Å²) in [7, 11) is -5.96. The number of pyridine rings is 1. The molecule has 1 aromatic carbocycles. The molecule has 2 aromatic rings. The maximum atomic E-state index is 15.2. The minimum Gasteiger partial charge on any atom is -0.481 e. The highest BCUT2D eigenvalue weighted by Gasteiger charge is 2.44. The molecule has 0 atom stereocenters. The van der Waals surface area contributed by atoms with E-state index in [0.29, 0.717) is 11.1 Å². The fourth-order valence-corrected chi connectivity index (χ4v) is 5.59. The zero-order chi connectivity index (χ0) is 25.0. The van der Waals surface area contributed by atoms with E-state index in [4.69, 9.17) is 4.74 Å². The molecule has 0 aliphatic carbocycles. The smallest absolute Gasteiger partial charge is 0.258 e. The van der Waals surface area contributed by atoms with Crippen molar-refractivity contribution in [3.05, 3.63) is 54.1 Å². The summed E-state index contributed by atoms with van der Waals surface area (Å²) in [6.45, 7) is -0.561. The Morgan fingerprint density at radius 2 is 1.85 bits per heavy atom. The molecule has 0 saturated carbocycles. The van der Waals surface area contributed by atoms with Crippen molar-refractivity contribution in [3.63, 3.8) is 0 Å². The summed E-state index contributed by atoms with van der Waals surface area (Å²) in [4.78, 5) is 16.3. The number of benzene rings is 1. The first kappa shape index (κ1) is 25.8. The molecule has 184 valence electrons. The van der Waals surface area contributed by atoms with Crippen LogP contribution in [0.3, 0.4) is 0 Å². The summed E-state index contributed by atoms with van der Waals surface area (Å²) in [5.41, 5.74) is -1.20. The largest absolute Gasteiger partial charge is 0.481 e. The molecule has 2 heterocycles. The number of methoxy groups -OCH3 is 1. The van der Waals surface area contributed by atoms with Crippen LogP contribution in [0, 0.1) is 0 Å². The third-order valence-corrected chi connectivity index (χ3v) is 8.01. The van der Waals surface area contributed by atoms with E-state index in [1.54, 1.807) is 24.3 Å². The Labute approximate surface area is 198 Å². The Bertz CT molecular complexity index is 1270. The van der Waals surface area contributed by atoms with Crippen molar-refractivity contribution in [2.24, 2.45) is 0 Å². The van der Waals surface area contributed by atoms with E-state index in [9.17, 15) is 21.6 Å². The second kappa shape index (κ2) is 10.2. The molecule has 0 spiro atoms. The molecule has 0 radical (unpaired) electrons. The number of carbonyl (C=O) groups excluding carboxylic acids is 1. The highest BCUT2D eigenvalue weighted by Crippen LogP contribution is 2.34. The Hall–Kier alpha value is -2.83. The predicted octanol–water partition coefficient (Wildman–Crippen LogP) is 1.92. The molecule has 1 amide bonds. The van der Waals surface area contributed by atoms with Crippen LogP contribution in [-0.2, 0) is 24.7 Å². The van der Waals surface area contributed by atoms with E-state index >= 15 is 4.39 Å². The number of piperidine rings is 1. The van der Waals surface area contributed by atoms with Crippen LogP contribution in [0.15, 0.2) is 59.0 Å². The van der Waals surface area contributed by atoms with Gasteiger partial charge in [0.2, 0.25) is 15.9 Å². The molecule has 12 heteroatoms. The van der Waals surface area contributed by atoms with Crippen molar-refractivity contribution in [2.45, 2.75) is 23.4 Å². The molecular formula is C22H26FN3O6S2. The zero-order valence-electron chi connectivity index (χ0n) is 18.8. The summed E-state index contributed by atoms with van der Waals surface area (Å²) >= 11 is 0. The van der Waals surface area contributed by atoms with Crippen LogP contribution in [-0.4, -0.2) is 70.7 Å². The maximum Gasteiger partial charge on any atom is 0.258 e. The van der Waals surface area contributed by atoms with Crippen LogP contribution >= 0.6 is 0 Å². The van der Waals surface area contributed by atoms with Crippen LogP contribution in [0.2, 0.25) is 0 Å². The Morgan fingerprint density at radius 3 is 2.44 bits per heavy atom. The minimum absolute atomic E-state index is 0.0405. The Kier molecular flexibility index (Phi) is 7.74. The number of halogens is 1. The molecule has 9 nitrogen and oxygen atoms in total. The van der Waals surface area contributed by atoms with Crippen molar-refractivity contribution in [1.29, 1.82) is 0 Å². The lowest BCUT2D eigenvalue weighted by Crippen LogP contribution is -2.52. The van der Waals surface area contributed by atoms with Gasteiger partial charge in [-0.15, -0.1) is 0 Å². The van der Waals surface area contributed by atoms with Gasteiger partial charge in [-0.05, 0) is 5.56 Å². The minimum atomic E-state index is -4.04. The average Bonchev–Trinajstić information content (AvgIpc) is 2.81. The number of ether oxygens (including phenoxy) is 1. The van der Waals surface area contributed by atoms with E-state index in [1.165, 1.54) is 25.4 Å². The van der Waals surface area contributed by atoms with Crippen molar-refractivity contribution < 1.29 is 30.8 Å². The molecule has 1 aliphatic heterocycles. The number of nitrogens with zero attached hydrogens (tertiary/aromatic N) is 2. The average molecular weight is 512 g/mol. The van der Waals surface area contributed by atoms with E-state index < -0.39 is 31.4 Å². The quantitative estimate of drug-likeness (QED) is 0.574. The van der Waals surface area contributed by atoms with Gasteiger partial charge in [0, 0.05) is 55.8 Å². The zero-order valence-corrected chi connectivity index (χ0v) is 20.4. The lowest BCUT2D eigenvalue weighted by atomic mass is 9.93. The van der Waals surface area contributed by atoms with Gasteiger partial charge in [-0.25, -0.2) is 26.2 Å². The molecule has 1 N–H and O–H groups in total. The van der Waals surface area contributed by atoms with Crippen LogP contribution in [0.4, 0.5) is 4.39 Å². The highest BCUT2D eigenvalue weighted by atomic mass is 32.2. The second-order valence-electron chi connectivity index (χ2n) is 7.87. The van der Waals surface area contributed by atoms with Gasteiger partial charge in [0.1, 0.15) is 4.90 Å². The molecule has 1 saturated heterocycles. The molecule has 0 unspecified atom stereocenters. The van der Waals surface area contributed by atoms with E-state index in [1.807, 2.05) is 6.07 Å². The van der Waals surface area contributed by atoms with Gasteiger partial charge < -0.3 is 10.1 Å². The fraction of sp³-hybridized carbons (Fsp3) is 0.364. The Balaban J connectivity index is 1.76. The van der Waals surface area contributed by atoms with E-state index in [2.05, 4.69) is 10.3 Å². The van der Waals surface area contributed by atoms with Crippen molar-refractivity contribution in [1.82, 2.24) is 14.6 Å². The van der Waals surface area contributed by atoms with Crippen LogP contribution in [0.25, 0.3) is 11.1 Å². The summed E-state index contributed by atoms with van der Waals surface area (Å²) in [6, 6.07) is 10.4. The number of amides is 1. The first-order chi connectivity index (χ1) is 16.0. The number of rotatable bonds is 8. The van der Waals surface area contributed by atoms with Gasteiger partial charge in [0.05, 0.1) is 13.3 Å². The van der Waals surface area contributed by atoms with Crippen molar-refractivity contribution in [2.75, 3.05) is 33.0 Å². The summed E-state index contributed by atoms with van der Waals surface area (Å²) in [6.07, 6.45) is 2.75. The highest BCUT2D eigenvalue weighted by molar-refractivity contribution is 7.93. The standard InChI is InChI=1S/C22H26FN3O6S2/c1-32-20-15-18(17-7-4-3-5-8-17)19(16-25-20)34(30,31)26-12-9-22(23,10-13-26)21(27)24-11-6-14-33(2,28)29/h3-8,14-16H,9-13H2,1-2H3,(H,24,27)/b14-6+. The molecule has 3 rings (SSSR count). The molecule has 1 aromatic heterocycles. The fourth-order valence-electron chi connectivity index (χ4n) is 3.56. The predicted molar refractivity (Wildman–Crippen MR) is 125 cm³/mol. The topological polar surface area (TPSA) is 123 Å². The number of sulfonamides is 1. The number of carbonyl (C=O) groups is 1. The van der Waals surface area contributed by atoms with Gasteiger partial charge in [0.15, 0.2) is 15.5 Å². The maximum absolute atomic E-state index is 15.2. The van der Waals surface area contributed by atoms with Gasteiger partial charge in [-0.2, -0.15) is 4.31 Å². The summed E-state index contributed by atoms with van der Waals surface area (Å²) < 4.78 is 70.5. The summed E-state index contributed by atoms with van der Waals surface area (Å²) in [5.74, 6) is -0.653. The van der Waals surface area contributed by atoms with Crippen LogP contribution < -0.4 is 10.1 Å². The van der Waals surface area contributed by atoms with Crippen LogP contribution in [0.5, 0.6) is 5.88 Å². The Morgan fingerprint density at radius 1 is 1.21 bits per heavy atom. The monoisotopic (exact) mass is 511 g/mol. The SMILES string of the molecule is COc1cc(-c2ccccc2)c(S(=O)(=O)N2CCC(F)(C(=O)NC/C=C/S(C)(=O)=O)CC2)cn1. The number of sulfone groups is 1. The third-order valence-electron chi connectivity index (χ3n) is 5.40. The van der Waals surface area contributed by atoms with Crippen molar-refractivity contribution >= 4 is 25.8 Å². The molecule has 0 bridgehead atoms. The van der Waals surface area contributed by atoms with Gasteiger partial charge in [0.25, 0.3) is 5.91 Å². The van der Waals surface area contributed by atoms with Gasteiger partial charge in [-0.1, -0.05) is 36.4 Å². The number of alkyl halides is 1. The van der Waals surface area contributed by atoms with Gasteiger partial charge >= 0.3 is 0 Å². The van der Waals surface area contributed by atoms with Gasteiger partial charge in [-0.3, -0.25) is 4.79 Å². The number of hydrogen-bond acceptors (Lipinski definition) is 7. The normalized spacial score (nSPS) is 16.9. The molecule has 1 fully saturated rings. The van der Waals surface area contributed by atoms with Crippen LogP contribution in [0.1, 0.15) is 12.8 Å². The van der Waals surface area contributed by atoms with Crippen molar-refractivity contribution in [3.8, 4) is 17.0 Å². The third kappa shape index (κ3) is 5.99. The van der Waals surface area contributed by atoms with E-state index in [-0.39, 0.29) is 43.3 Å².